The van der Waals surface area contributed by atoms with Gasteiger partial charge in [-0.1, -0.05) is 12.1 Å². The molecule has 0 N–H and O–H groups in total. The number of amides is 1. The molecule has 1 aromatic carbocycles. The molecule has 2 aromatic rings. The molecule has 136 valence electrons. The maximum atomic E-state index is 13.1. The van der Waals surface area contributed by atoms with Crippen LogP contribution in [0, 0.1) is 12.7 Å². The maximum Gasteiger partial charge on any atom is 0.227 e. The highest BCUT2D eigenvalue weighted by molar-refractivity contribution is 5.79. The molecule has 2 aliphatic heterocycles. The van der Waals surface area contributed by atoms with Gasteiger partial charge in [0, 0.05) is 31.6 Å². The molecule has 6 heteroatoms. The fraction of sp³-hybridized carbons (Fsp3) is 0.450. The molecule has 0 spiro atoms. The van der Waals surface area contributed by atoms with Crippen molar-refractivity contribution in [1.82, 2.24) is 14.9 Å². The Morgan fingerprint density at radius 3 is 2.58 bits per heavy atom. The van der Waals surface area contributed by atoms with Gasteiger partial charge in [-0.15, -0.1) is 0 Å². The lowest BCUT2D eigenvalue weighted by molar-refractivity contribution is -0.131. The molecule has 0 bridgehead atoms. The van der Waals surface area contributed by atoms with Gasteiger partial charge in [0.15, 0.2) is 0 Å². The summed E-state index contributed by atoms with van der Waals surface area (Å²) in [6.45, 7) is 5.20. The van der Waals surface area contributed by atoms with Crippen LogP contribution in [-0.2, 0) is 24.2 Å². The molecule has 4 rings (SSSR count). The number of nitrogens with zero attached hydrogens (tertiary/aromatic N) is 4. The molecular formula is C20H23FN4O. The van der Waals surface area contributed by atoms with Crippen LogP contribution in [0.25, 0.3) is 0 Å². The van der Waals surface area contributed by atoms with E-state index in [-0.39, 0.29) is 11.7 Å². The van der Waals surface area contributed by atoms with Crippen LogP contribution in [0.15, 0.2) is 24.3 Å². The van der Waals surface area contributed by atoms with E-state index in [1.807, 2.05) is 11.8 Å². The van der Waals surface area contributed by atoms with Crippen LogP contribution in [0.5, 0.6) is 0 Å². The van der Waals surface area contributed by atoms with Crippen LogP contribution < -0.4 is 4.90 Å². The van der Waals surface area contributed by atoms with E-state index in [1.54, 1.807) is 12.1 Å². The molecule has 3 heterocycles. The van der Waals surface area contributed by atoms with E-state index in [0.717, 1.165) is 48.0 Å². The molecule has 0 radical (unpaired) electrons. The van der Waals surface area contributed by atoms with Gasteiger partial charge in [-0.25, -0.2) is 14.4 Å². The minimum atomic E-state index is -0.282. The third-order valence-electron chi connectivity index (χ3n) is 5.18. The van der Waals surface area contributed by atoms with Gasteiger partial charge in [0.2, 0.25) is 5.91 Å². The monoisotopic (exact) mass is 354 g/mol. The molecule has 5 nitrogen and oxygen atoms in total. The summed E-state index contributed by atoms with van der Waals surface area (Å²) < 4.78 is 13.1. The second-order valence-corrected chi connectivity index (χ2v) is 7.08. The summed E-state index contributed by atoms with van der Waals surface area (Å²) in [5.74, 6) is 1.59. The number of aryl methyl sites for hydroxylation is 1. The summed E-state index contributed by atoms with van der Waals surface area (Å²) >= 11 is 0. The normalized spacial score (nSPS) is 16.7. The average Bonchev–Trinajstić information content (AvgIpc) is 3.17. The van der Waals surface area contributed by atoms with Gasteiger partial charge >= 0.3 is 0 Å². The zero-order valence-corrected chi connectivity index (χ0v) is 15.0. The lowest BCUT2D eigenvalue weighted by Crippen LogP contribution is -2.38. The van der Waals surface area contributed by atoms with Gasteiger partial charge in [-0.2, -0.15) is 0 Å². The van der Waals surface area contributed by atoms with Crippen molar-refractivity contribution in [1.29, 1.82) is 0 Å². The Bertz CT molecular complexity index is 815. The SMILES string of the molecule is Cc1nc2c(c(N3CCCC3)n1)CN(C(=O)Cc1ccc(F)cc1)CC2. The Morgan fingerprint density at radius 2 is 1.85 bits per heavy atom. The van der Waals surface area contributed by atoms with Crippen molar-refractivity contribution < 1.29 is 9.18 Å². The summed E-state index contributed by atoms with van der Waals surface area (Å²) in [6.07, 6.45) is 3.42. The van der Waals surface area contributed by atoms with E-state index >= 15 is 0 Å². The summed E-state index contributed by atoms with van der Waals surface area (Å²) in [4.78, 5) is 26.2. The van der Waals surface area contributed by atoms with E-state index in [9.17, 15) is 9.18 Å². The minimum Gasteiger partial charge on any atom is -0.356 e. The van der Waals surface area contributed by atoms with Crippen molar-refractivity contribution in [2.45, 2.75) is 39.2 Å². The van der Waals surface area contributed by atoms with Crippen molar-refractivity contribution in [3.63, 3.8) is 0 Å². The number of halogens is 1. The van der Waals surface area contributed by atoms with Crippen molar-refractivity contribution in [2.24, 2.45) is 0 Å². The molecule has 1 saturated heterocycles. The molecule has 0 atom stereocenters. The lowest BCUT2D eigenvalue weighted by Gasteiger charge is -2.31. The summed E-state index contributed by atoms with van der Waals surface area (Å²) in [7, 11) is 0. The highest BCUT2D eigenvalue weighted by atomic mass is 19.1. The quantitative estimate of drug-likeness (QED) is 0.850. The molecule has 1 fully saturated rings. The van der Waals surface area contributed by atoms with Gasteiger partial charge in [0.25, 0.3) is 0 Å². The zero-order chi connectivity index (χ0) is 18.1. The van der Waals surface area contributed by atoms with Crippen molar-refractivity contribution in [3.8, 4) is 0 Å². The van der Waals surface area contributed by atoms with E-state index < -0.39 is 0 Å². The second kappa shape index (κ2) is 7.02. The molecule has 1 amide bonds. The standard InChI is InChI=1S/C20H23FN4O/c1-14-22-18-8-11-25(19(26)12-15-4-6-16(21)7-5-15)13-17(18)20(23-14)24-9-2-3-10-24/h4-7H,2-3,8-13H2,1H3. The van der Waals surface area contributed by atoms with Crippen molar-refractivity contribution in [3.05, 3.63) is 52.7 Å². The predicted octanol–water partition coefficient (Wildman–Crippen LogP) is 2.65. The molecule has 0 aliphatic carbocycles. The third-order valence-corrected chi connectivity index (χ3v) is 5.18. The molecule has 2 aliphatic rings. The van der Waals surface area contributed by atoms with Crippen molar-refractivity contribution >= 4 is 11.7 Å². The van der Waals surface area contributed by atoms with Gasteiger partial charge in [0.1, 0.15) is 17.5 Å². The molecule has 0 unspecified atom stereocenters. The van der Waals surface area contributed by atoms with E-state index in [2.05, 4.69) is 9.88 Å². The van der Waals surface area contributed by atoms with Gasteiger partial charge < -0.3 is 9.80 Å². The number of aromatic nitrogens is 2. The number of benzene rings is 1. The van der Waals surface area contributed by atoms with Crippen LogP contribution in [0.1, 0.15) is 35.5 Å². The number of hydrogen-bond acceptors (Lipinski definition) is 4. The van der Waals surface area contributed by atoms with Gasteiger partial charge in [-0.3, -0.25) is 4.79 Å². The van der Waals surface area contributed by atoms with E-state index in [4.69, 9.17) is 4.98 Å². The summed E-state index contributed by atoms with van der Waals surface area (Å²) in [6, 6.07) is 6.15. The van der Waals surface area contributed by atoms with Gasteiger partial charge in [-0.05, 0) is 37.5 Å². The summed E-state index contributed by atoms with van der Waals surface area (Å²) in [5.41, 5.74) is 3.00. The van der Waals surface area contributed by atoms with E-state index in [0.29, 0.717) is 19.5 Å². The number of rotatable bonds is 3. The fourth-order valence-electron chi connectivity index (χ4n) is 3.81. The van der Waals surface area contributed by atoms with Crippen molar-refractivity contribution in [2.75, 3.05) is 24.5 Å². The van der Waals surface area contributed by atoms with Crippen LogP contribution in [0.2, 0.25) is 0 Å². The molecule has 0 saturated carbocycles. The number of hydrogen-bond donors (Lipinski definition) is 0. The molecule has 26 heavy (non-hydrogen) atoms. The number of fused-ring (bicyclic) bond motifs is 1. The topological polar surface area (TPSA) is 49.3 Å². The van der Waals surface area contributed by atoms with Crippen LogP contribution in [0.4, 0.5) is 10.2 Å². The first kappa shape index (κ1) is 16.9. The number of carbonyl (C=O) groups excluding carboxylic acids is 1. The Labute approximate surface area is 152 Å². The Hall–Kier alpha value is -2.50. The Balaban J connectivity index is 1.54. The minimum absolute atomic E-state index is 0.0650. The van der Waals surface area contributed by atoms with Crippen LogP contribution in [0.3, 0.4) is 0 Å². The highest BCUT2D eigenvalue weighted by Crippen LogP contribution is 2.29. The van der Waals surface area contributed by atoms with Crippen LogP contribution in [-0.4, -0.2) is 40.4 Å². The predicted molar refractivity (Wildman–Crippen MR) is 97.4 cm³/mol. The summed E-state index contributed by atoms with van der Waals surface area (Å²) in [5, 5.41) is 0. The van der Waals surface area contributed by atoms with Crippen LogP contribution >= 0.6 is 0 Å². The lowest BCUT2D eigenvalue weighted by atomic mass is 10.0. The fourth-order valence-corrected chi connectivity index (χ4v) is 3.81. The number of carbonyl (C=O) groups is 1. The van der Waals surface area contributed by atoms with E-state index in [1.165, 1.54) is 25.0 Å². The third kappa shape index (κ3) is 3.41. The number of anilines is 1. The maximum absolute atomic E-state index is 13.1. The molecule has 1 aromatic heterocycles. The average molecular weight is 354 g/mol. The first-order chi connectivity index (χ1) is 12.6. The van der Waals surface area contributed by atoms with Gasteiger partial charge in [0.05, 0.1) is 18.7 Å². The second-order valence-electron chi connectivity index (χ2n) is 7.08. The molecular weight excluding hydrogens is 331 g/mol. The highest BCUT2D eigenvalue weighted by Gasteiger charge is 2.28. The smallest absolute Gasteiger partial charge is 0.227 e. The Kier molecular flexibility index (Phi) is 4.57. The first-order valence-corrected chi connectivity index (χ1v) is 9.24. The zero-order valence-electron chi connectivity index (χ0n) is 15.0. The Morgan fingerprint density at radius 1 is 1.12 bits per heavy atom. The largest absolute Gasteiger partial charge is 0.356 e. The first-order valence-electron chi connectivity index (χ1n) is 9.24.